The molecule has 0 bridgehead atoms. The lowest BCUT2D eigenvalue weighted by atomic mass is 9.98. The van der Waals surface area contributed by atoms with Crippen molar-refractivity contribution in [1.29, 1.82) is 0 Å². The van der Waals surface area contributed by atoms with E-state index in [1.165, 1.54) is 0 Å². The predicted octanol–water partition coefficient (Wildman–Crippen LogP) is 2.14. The van der Waals surface area contributed by atoms with Gasteiger partial charge in [-0.05, 0) is 33.1 Å². The highest BCUT2D eigenvalue weighted by Crippen LogP contribution is 2.29. The van der Waals surface area contributed by atoms with Crippen LogP contribution in [0, 0.1) is 5.92 Å². The number of ether oxygens (including phenoxy) is 1. The third-order valence-corrected chi connectivity index (χ3v) is 4.83. The first-order valence-corrected chi connectivity index (χ1v) is 7.72. The molecule has 2 heterocycles. The Bertz CT molecular complexity index is 334. The second kappa shape index (κ2) is 5.80. The lowest BCUT2D eigenvalue weighted by Crippen LogP contribution is -2.43. The van der Waals surface area contributed by atoms with Gasteiger partial charge in [0, 0.05) is 19.1 Å². The predicted molar refractivity (Wildman–Crippen MR) is 75.8 cm³/mol. The Morgan fingerprint density at radius 3 is 2.74 bits per heavy atom. The molecule has 2 saturated heterocycles. The number of amides is 1. The van der Waals surface area contributed by atoms with Gasteiger partial charge in [0.2, 0.25) is 5.91 Å². The first kappa shape index (κ1) is 14.8. The highest BCUT2D eigenvalue weighted by Gasteiger charge is 2.47. The molecule has 0 aromatic heterocycles. The standard InChI is InChI=1S/C15H28N2O2/c1-5-7-13-16-15(4,6-2)14(18)17(13)10-12-8-9-19-11(12)3/h11-13,16H,5-10H2,1-4H3. The second-order valence-electron chi connectivity index (χ2n) is 6.22. The molecule has 2 aliphatic heterocycles. The molecule has 0 saturated carbocycles. The fourth-order valence-electron chi connectivity index (χ4n) is 3.20. The number of hydrogen-bond donors (Lipinski definition) is 1. The van der Waals surface area contributed by atoms with Crippen LogP contribution in [0.25, 0.3) is 0 Å². The summed E-state index contributed by atoms with van der Waals surface area (Å²) in [6, 6.07) is 0. The van der Waals surface area contributed by atoms with E-state index in [-0.39, 0.29) is 23.7 Å². The van der Waals surface area contributed by atoms with Gasteiger partial charge in [0.1, 0.15) is 0 Å². The summed E-state index contributed by atoms with van der Waals surface area (Å²) in [5.74, 6) is 0.761. The van der Waals surface area contributed by atoms with Crippen molar-refractivity contribution in [2.75, 3.05) is 13.2 Å². The molecule has 0 aromatic rings. The van der Waals surface area contributed by atoms with E-state index in [0.29, 0.717) is 5.92 Å². The van der Waals surface area contributed by atoms with Crippen molar-refractivity contribution in [1.82, 2.24) is 10.2 Å². The SMILES string of the molecule is CCCC1NC(C)(CC)C(=O)N1CC1CCOC1C. The Kier molecular flexibility index (Phi) is 4.51. The maximum Gasteiger partial charge on any atom is 0.243 e. The van der Waals surface area contributed by atoms with Gasteiger partial charge in [-0.15, -0.1) is 0 Å². The fraction of sp³-hybridized carbons (Fsp3) is 0.933. The Balaban J connectivity index is 2.08. The normalized spacial score (nSPS) is 39.3. The molecule has 0 spiro atoms. The van der Waals surface area contributed by atoms with Crippen molar-refractivity contribution < 1.29 is 9.53 Å². The molecule has 4 unspecified atom stereocenters. The zero-order chi connectivity index (χ0) is 14.0. The van der Waals surface area contributed by atoms with Crippen molar-refractivity contribution >= 4 is 5.91 Å². The Hall–Kier alpha value is -0.610. The third-order valence-electron chi connectivity index (χ3n) is 4.83. The summed E-state index contributed by atoms with van der Waals surface area (Å²) in [5.41, 5.74) is -0.372. The molecular weight excluding hydrogens is 240 g/mol. The number of carbonyl (C=O) groups is 1. The number of carbonyl (C=O) groups excluding carboxylic acids is 1. The van der Waals surface area contributed by atoms with Crippen molar-refractivity contribution in [3.8, 4) is 0 Å². The van der Waals surface area contributed by atoms with Crippen LogP contribution < -0.4 is 5.32 Å². The molecule has 0 aliphatic carbocycles. The quantitative estimate of drug-likeness (QED) is 0.830. The first-order chi connectivity index (χ1) is 9.01. The van der Waals surface area contributed by atoms with Gasteiger partial charge in [-0.1, -0.05) is 20.3 Å². The number of hydrogen-bond acceptors (Lipinski definition) is 3. The van der Waals surface area contributed by atoms with Crippen molar-refractivity contribution in [2.45, 2.75) is 71.2 Å². The van der Waals surface area contributed by atoms with Crippen molar-refractivity contribution in [3.63, 3.8) is 0 Å². The summed E-state index contributed by atoms with van der Waals surface area (Å²) in [4.78, 5) is 14.7. The highest BCUT2D eigenvalue weighted by molar-refractivity contribution is 5.88. The molecule has 1 N–H and O–H groups in total. The van der Waals surface area contributed by atoms with E-state index < -0.39 is 0 Å². The van der Waals surface area contributed by atoms with Crippen molar-refractivity contribution in [3.05, 3.63) is 0 Å². The topological polar surface area (TPSA) is 41.6 Å². The minimum Gasteiger partial charge on any atom is -0.378 e. The van der Waals surface area contributed by atoms with Crippen LogP contribution in [-0.4, -0.2) is 41.8 Å². The van der Waals surface area contributed by atoms with E-state index in [1.807, 2.05) is 6.92 Å². The Morgan fingerprint density at radius 1 is 1.47 bits per heavy atom. The van der Waals surface area contributed by atoms with Gasteiger partial charge in [0.05, 0.1) is 17.8 Å². The maximum atomic E-state index is 12.7. The van der Waals surface area contributed by atoms with Crippen LogP contribution in [0.2, 0.25) is 0 Å². The van der Waals surface area contributed by atoms with Gasteiger partial charge in [-0.3, -0.25) is 10.1 Å². The minimum atomic E-state index is -0.372. The zero-order valence-corrected chi connectivity index (χ0v) is 12.7. The highest BCUT2D eigenvalue weighted by atomic mass is 16.5. The average Bonchev–Trinajstić information content (AvgIpc) is 2.88. The van der Waals surface area contributed by atoms with E-state index in [0.717, 1.165) is 38.8 Å². The lowest BCUT2D eigenvalue weighted by Gasteiger charge is -2.28. The van der Waals surface area contributed by atoms with E-state index >= 15 is 0 Å². The number of nitrogens with zero attached hydrogens (tertiary/aromatic N) is 1. The molecule has 19 heavy (non-hydrogen) atoms. The number of nitrogens with one attached hydrogen (secondary N) is 1. The van der Waals surface area contributed by atoms with Gasteiger partial charge in [-0.25, -0.2) is 0 Å². The molecule has 1 amide bonds. The van der Waals surface area contributed by atoms with Gasteiger partial charge in [0.25, 0.3) is 0 Å². The van der Waals surface area contributed by atoms with Crippen LogP contribution in [-0.2, 0) is 9.53 Å². The summed E-state index contributed by atoms with van der Waals surface area (Å²) in [6.45, 7) is 10.1. The molecule has 2 fully saturated rings. The zero-order valence-electron chi connectivity index (χ0n) is 12.7. The number of rotatable bonds is 5. The van der Waals surface area contributed by atoms with Crippen LogP contribution in [0.5, 0.6) is 0 Å². The van der Waals surface area contributed by atoms with E-state index in [1.54, 1.807) is 0 Å². The molecule has 2 rings (SSSR count). The molecule has 4 heteroatoms. The molecule has 0 radical (unpaired) electrons. The smallest absolute Gasteiger partial charge is 0.243 e. The third kappa shape index (κ3) is 2.79. The Labute approximate surface area is 116 Å². The van der Waals surface area contributed by atoms with E-state index in [4.69, 9.17) is 4.74 Å². The van der Waals surface area contributed by atoms with Gasteiger partial charge in [0.15, 0.2) is 0 Å². The minimum absolute atomic E-state index is 0.204. The summed E-state index contributed by atoms with van der Waals surface area (Å²) in [5, 5.41) is 3.54. The monoisotopic (exact) mass is 268 g/mol. The van der Waals surface area contributed by atoms with Crippen LogP contribution >= 0.6 is 0 Å². The van der Waals surface area contributed by atoms with Crippen LogP contribution in [0.15, 0.2) is 0 Å². The molecule has 110 valence electrons. The summed E-state index contributed by atoms with van der Waals surface area (Å²) in [6.07, 6.45) is 4.53. The molecular formula is C15H28N2O2. The van der Waals surface area contributed by atoms with Crippen LogP contribution in [0.3, 0.4) is 0 Å². The largest absolute Gasteiger partial charge is 0.378 e. The first-order valence-electron chi connectivity index (χ1n) is 7.72. The van der Waals surface area contributed by atoms with E-state index in [2.05, 4.69) is 31.0 Å². The summed E-state index contributed by atoms with van der Waals surface area (Å²) >= 11 is 0. The van der Waals surface area contributed by atoms with Gasteiger partial charge in [-0.2, -0.15) is 0 Å². The molecule has 4 nitrogen and oxygen atoms in total. The molecule has 4 atom stereocenters. The van der Waals surface area contributed by atoms with E-state index in [9.17, 15) is 4.79 Å². The average molecular weight is 268 g/mol. The van der Waals surface area contributed by atoms with Crippen LogP contribution in [0.4, 0.5) is 0 Å². The molecule has 0 aromatic carbocycles. The van der Waals surface area contributed by atoms with Gasteiger partial charge < -0.3 is 9.64 Å². The lowest BCUT2D eigenvalue weighted by molar-refractivity contribution is -0.133. The molecule has 2 aliphatic rings. The van der Waals surface area contributed by atoms with Crippen LogP contribution in [0.1, 0.15) is 53.4 Å². The summed E-state index contributed by atoms with van der Waals surface area (Å²) in [7, 11) is 0. The Morgan fingerprint density at radius 2 is 2.21 bits per heavy atom. The maximum absolute atomic E-state index is 12.7. The fourth-order valence-corrected chi connectivity index (χ4v) is 3.20. The second-order valence-corrected chi connectivity index (χ2v) is 6.22. The van der Waals surface area contributed by atoms with Gasteiger partial charge >= 0.3 is 0 Å². The summed E-state index contributed by atoms with van der Waals surface area (Å²) < 4.78 is 5.63. The van der Waals surface area contributed by atoms with Crippen molar-refractivity contribution in [2.24, 2.45) is 5.92 Å².